The molecule has 0 bridgehead atoms. The van der Waals surface area contributed by atoms with Gasteiger partial charge in [0.1, 0.15) is 12.6 Å². The maximum absolute atomic E-state index is 12.6. The Balaban J connectivity index is 0.00000119. The fourth-order valence-electron chi connectivity index (χ4n) is 4.71. The number of benzene rings is 1. The van der Waals surface area contributed by atoms with E-state index in [2.05, 4.69) is 44.1 Å². The fourth-order valence-corrected chi connectivity index (χ4v) is 4.82. The Bertz CT molecular complexity index is 1150. The number of halogens is 1. The number of nitrogens with one attached hydrogen (secondary N) is 2. The molecule has 2 aromatic heterocycles. The number of rotatable bonds is 3. The number of anilines is 2. The van der Waals surface area contributed by atoms with Crippen molar-refractivity contribution in [1.29, 1.82) is 0 Å². The van der Waals surface area contributed by atoms with Crippen LogP contribution in [0.2, 0.25) is 5.02 Å². The van der Waals surface area contributed by atoms with Crippen LogP contribution in [0.25, 0.3) is 10.9 Å². The topological polar surface area (TPSA) is 81.3 Å². The average molecular weight is 454 g/mol. The van der Waals surface area contributed by atoms with Crippen LogP contribution in [0.1, 0.15) is 23.1 Å². The van der Waals surface area contributed by atoms with Crippen LogP contribution in [0.3, 0.4) is 0 Å². The standard InChI is InChI=1S/C23H26ClN5O.CH2O/c1-15-11-16(12-19-21(15)22-18(23(30)27-19)3-2-6-25-22)14-28-7-9-29(10-8-28)20-5-4-17(24)13-26-20;1-2/h4-5,11-13,25H,2-3,6-10,14H2,1H3,(H,27,30);1H2. The van der Waals surface area contributed by atoms with Gasteiger partial charge in [-0.1, -0.05) is 17.7 Å². The number of piperazine rings is 1. The third kappa shape index (κ3) is 4.49. The molecular weight excluding hydrogens is 426 g/mol. The van der Waals surface area contributed by atoms with Crippen LogP contribution in [-0.4, -0.2) is 54.4 Å². The van der Waals surface area contributed by atoms with E-state index in [1.165, 1.54) is 11.1 Å². The molecule has 4 heterocycles. The van der Waals surface area contributed by atoms with Gasteiger partial charge in [0.25, 0.3) is 5.56 Å². The number of hydrogen-bond donors (Lipinski definition) is 2. The molecule has 5 rings (SSSR count). The van der Waals surface area contributed by atoms with Crippen molar-refractivity contribution < 1.29 is 4.79 Å². The molecule has 8 heteroatoms. The molecule has 32 heavy (non-hydrogen) atoms. The minimum absolute atomic E-state index is 0.0466. The quantitative estimate of drug-likeness (QED) is 0.632. The second-order valence-electron chi connectivity index (χ2n) is 8.27. The van der Waals surface area contributed by atoms with E-state index in [1.54, 1.807) is 6.20 Å². The van der Waals surface area contributed by atoms with E-state index >= 15 is 0 Å². The van der Waals surface area contributed by atoms with Gasteiger partial charge >= 0.3 is 0 Å². The number of H-pyrrole nitrogens is 1. The van der Waals surface area contributed by atoms with Crippen molar-refractivity contribution in [3.63, 3.8) is 0 Å². The first-order chi connectivity index (χ1) is 15.6. The van der Waals surface area contributed by atoms with Crippen molar-refractivity contribution in [3.8, 4) is 0 Å². The van der Waals surface area contributed by atoms with Gasteiger partial charge in [-0.25, -0.2) is 4.98 Å². The van der Waals surface area contributed by atoms with E-state index in [0.717, 1.165) is 80.1 Å². The number of aromatic nitrogens is 2. The van der Waals surface area contributed by atoms with Crippen LogP contribution < -0.4 is 15.8 Å². The van der Waals surface area contributed by atoms with E-state index < -0.39 is 0 Å². The van der Waals surface area contributed by atoms with E-state index in [0.29, 0.717) is 5.02 Å². The average Bonchev–Trinajstić information content (AvgIpc) is 2.81. The Morgan fingerprint density at radius 2 is 1.94 bits per heavy atom. The van der Waals surface area contributed by atoms with Crippen LogP contribution in [0.5, 0.6) is 0 Å². The lowest BCUT2D eigenvalue weighted by molar-refractivity contribution is -0.0979. The highest BCUT2D eigenvalue weighted by molar-refractivity contribution is 6.30. The molecule has 0 aliphatic carbocycles. The summed E-state index contributed by atoms with van der Waals surface area (Å²) in [6, 6.07) is 8.29. The van der Waals surface area contributed by atoms with Crippen molar-refractivity contribution >= 4 is 40.8 Å². The summed E-state index contributed by atoms with van der Waals surface area (Å²) in [5, 5.41) is 5.29. The molecular formula is C24H28ClN5O2. The maximum Gasteiger partial charge on any atom is 0.253 e. The molecule has 1 fully saturated rings. The maximum atomic E-state index is 12.6. The van der Waals surface area contributed by atoms with Gasteiger partial charge in [-0.2, -0.15) is 0 Å². The highest BCUT2D eigenvalue weighted by atomic mass is 35.5. The molecule has 168 valence electrons. The normalized spacial score (nSPS) is 16.1. The number of fused-ring (bicyclic) bond motifs is 3. The van der Waals surface area contributed by atoms with Crippen molar-refractivity contribution in [2.75, 3.05) is 42.9 Å². The summed E-state index contributed by atoms with van der Waals surface area (Å²) in [6.45, 7) is 9.79. The Morgan fingerprint density at radius 1 is 1.16 bits per heavy atom. The third-order valence-corrected chi connectivity index (χ3v) is 6.41. The first kappa shape index (κ1) is 22.3. The summed E-state index contributed by atoms with van der Waals surface area (Å²) in [6.07, 6.45) is 3.56. The van der Waals surface area contributed by atoms with Gasteiger partial charge in [-0.15, -0.1) is 0 Å². The Kier molecular flexibility index (Phi) is 6.77. The van der Waals surface area contributed by atoms with Crippen molar-refractivity contribution in [2.45, 2.75) is 26.3 Å². The summed E-state index contributed by atoms with van der Waals surface area (Å²) in [5.74, 6) is 0.982. The smallest absolute Gasteiger partial charge is 0.253 e. The summed E-state index contributed by atoms with van der Waals surface area (Å²) in [5.41, 5.74) is 5.38. The lowest BCUT2D eigenvalue weighted by Crippen LogP contribution is -2.46. The number of carbonyl (C=O) groups is 1. The zero-order chi connectivity index (χ0) is 22.7. The highest BCUT2D eigenvalue weighted by Gasteiger charge is 2.20. The van der Waals surface area contributed by atoms with Crippen molar-refractivity contribution in [1.82, 2.24) is 14.9 Å². The fraction of sp³-hybridized carbons (Fsp3) is 0.375. The molecule has 1 aromatic carbocycles. The van der Waals surface area contributed by atoms with Crippen LogP contribution in [0.15, 0.2) is 35.3 Å². The molecule has 2 aliphatic rings. The summed E-state index contributed by atoms with van der Waals surface area (Å²) in [4.78, 5) is 32.9. The predicted molar refractivity (Wildman–Crippen MR) is 130 cm³/mol. The van der Waals surface area contributed by atoms with E-state index in [-0.39, 0.29) is 5.56 Å². The molecule has 2 aliphatic heterocycles. The van der Waals surface area contributed by atoms with E-state index in [4.69, 9.17) is 16.4 Å². The lowest BCUT2D eigenvalue weighted by atomic mass is 9.97. The highest BCUT2D eigenvalue weighted by Crippen LogP contribution is 2.31. The zero-order valence-corrected chi connectivity index (χ0v) is 19.0. The van der Waals surface area contributed by atoms with E-state index in [1.807, 2.05) is 18.9 Å². The Hall–Kier alpha value is -2.90. The SMILES string of the molecule is C=O.Cc1cc(CN2CCN(c3ccc(Cl)cn3)CC2)cc2[nH]c(=O)c3c(c12)NCCC3. The van der Waals surface area contributed by atoms with Gasteiger partial charge in [-0.05, 0) is 49.1 Å². The van der Waals surface area contributed by atoms with Gasteiger partial charge in [0.05, 0.1) is 16.2 Å². The summed E-state index contributed by atoms with van der Waals surface area (Å²) < 4.78 is 0. The molecule has 0 unspecified atom stereocenters. The number of pyridine rings is 2. The molecule has 3 aromatic rings. The second-order valence-corrected chi connectivity index (χ2v) is 8.71. The van der Waals surface area contributed by atoms with Crippen LogP contribution in [0, 0.1) is 6.92 Å². The Morgan fingerprint density at radius 3 is 2.66 bits per heavy atom. The molecule has 0 amide bonds. The number of carbonyl (C=O) groups excluding carboxylic acids is 1. The molecule has 0 saturated carbocycles. The van der Waals surface area contributed by atoms with Crippen molar-refractivity contribution in [3.05, 3.63) is 62.5 Å². The minimum atomic E-state index is 0.0466. The molecule has 0 atom stereocenters. The molecule has 7 nitrogen and oxygen atoms in total. The largest absolute Gasteiger partial charge is 0.384 e. The lowest BCUT2D eigenvalue weighted by Gasteiger charge is -2.35. The number of aryl methyl sites for hydroxylation is 1. The van der Waals surface area contributed by atoms with Gasteiger partial charge in [0.2, 0.25) is 0 Å². The summed E-state index contributed by atoms with van der Waals surface area (Å²) in [7, 11) is 0. The number of nitrogens with zero attached hydrogens (tertiary/aromatic N) is 3. The van der Waals surface area contributed by atoms with Crippen LogP contribution in [-0.2, 0) is 17.8 Å². The number of aromatic amines is 1. The van der Waals surface area contributed by atoms with Crippen LogP contribution >= 0.6 is 11.6 Å². The first-order valence-electron chi connectivity index (χ1n) is 10.9. The monoisotopic (exact) mass is 453 g/mol. The number of hydrogen-bond acceptors (Lipinski definition) is 6. The van der Waals surface area contributed by atoms with Gasteiger partial charge in [-0.3, -0.25) is 9.69 Å². The predicted octanol–water partition coefficient (Wildman–Crippen LogP) is 3.38. The van der Waals surface area contributed by atoms with Gasteiger partial charge in [0.15, 0.2) is 0 Å². The van der Waals surface area contributed by atoms with Gasteiger partial charge < -0.3 is 20.0 Å². The van der Waals surface area contributed by atoms with E-state index in [9.17, 15) is 4.79 Å². The molecule has 0 radical (unpaired) electrons. The zero-order valence-electron chi connectivity index (χ0n) is 18.3. The first-order valence-corrected chi connectivity index (χ1v) is 11.3. The Labute approximate surface area is 192 Å². The molecule has 2 N–H and O–H groups in total. The molecule has 1 saturated heterocycles. The molecule has 0 spiro atoms. The van der Waals surface area contributed by atoms with Gasteiger partial charge in [0, 0.05) is 56.4 Å². The minimum Gasteiger partial charge on any atom is -0.384 e. The van der Waals surface area contributed by atoms with Crippen molar-refractivity contribution in [2.24, 2.45) is 0 Å². The van der Waals surface area contributed by atoms with Crippen LogP contribution in [0.4, 0.5) is 11.5 Å². The summed E-state index contributed by atoms with van der Waals surface area (Å²) >= 11 is 5.95. The third-order valence-electron chi connectivity index (χ3n) is 6.19. The second kappa shape index (κ2) is 9.71.